The Hall–Kier alpha value is -0.200. The number of aliphatic hydroxyl groups excluding tert-OH is 5. The summed E-state index contributed by atoms with van der Waals surface area (Å²) in [5.41, 5.74) is 0. The lowest BCUT2D eigenvalue weighted by molar-refractivity contribution is -0.0135. The highest BCUT2D eigenvalue weighted by Crippen LogP contribution is 2.31. The molecule has 0 aromatic heterocycles. The maximum atomic E-state index is 9.35. The van der Waals surface area contributed by atoms with Crippen molar-refractivity contribution in [3.05, 3.63) is 0 Å². The largest absolute Gasteiger partial charge is 0.396 e. The molecule has 1 saturated carbocycles. The van der Waals surface area contributed by atoms with Gasteiger partial charge < -0.3 is 25.5 Å². The quantitative estimate of drug-likeness (QED) is 0.317. The van der Waals surface area contributed by atoms with E-state index in [0.29, 0.717) is 0 Å². The van der Waals surface area contributed by atoms with Gasteiger partial charge in [-0.2, -0.15) is 0 Å². The van der Waals surface area contributed by atoms with Gasteiger partial charge in [-0.15, -0.1) is 0 Å². The average Bonchev–Trinajstić information content (AvgIpc) is 2.25. The van der Waals surface area contributed by atoms with Gasteiger partial charge in [0.25, 0.3) is 0 Å². The number of rotatable bonds is 2. The second kappa shape index (κ2) is 3.68. The van der Waals surface area contributed by atoms with Crippen LogP contribution in [0.4, 0.5) is 0 Å². The maximum absolute atomic E-state index is 9.35. The second-order valence-electron chi connectivity index (χ2n) is 3.16. The molecule has 5 nitrogen and oxygen atoms in total. The van der Waals surface area contributed by atoms with Gasteiger partial charge in [0.05, 0.1) is 31.5 Å². The van der Waals surface area contributed by atoms with Gasteiger partial charge in [-0.25, -0.2) is 0 Å². The van der Waals surface area contributed by atoms with Gasteiger partial charge in [0.15, 0.2) is 0 Å². The Morgan fingerprint density at radius 2 is 1.00 bits per heavy atom. The van der Waals surface area contributed by atoms with Crippen LogP contribution in [-0.4, -0.2) is 57.1 Å². The molecule has 5 N–H and O–H groups in total. The van der Waals surface area contributed by atoms with Crippen molar-refractivity contribution >= 4 is 0 Å². The molecule has 0 bridgehead atoms. The van der Waals surface area contributed by atoms with Gasteiger partial charge in [0.2, 0.25) is 0 Å². The summed E-state index contributed by atoms with van der Waals surface area (Å²) in [6.45, 7) is -0.786. The summed E-state index contributed by atoms with van der Waals surface area (Å²) in [6.07, 6.45) is -3.34. The first-order chi connectivity index (χ1) is 5.63. The van der Waals surface area contributed by atoms with Gasteiger partial charge in [0, 0.05) is 11.8 Å². The Balaban J connectivity index is 2.71. The van der Waals surface area contributed by atoms with Crippen LogP contribution in [0.25, 0.3) is 0 Å². The van der Waals surface area contributed by atoms with E-state index in [1.165, 1.54) is 0 Å². The summed E-state index contributed by atoms with van der Waals surface area (Å²) < 4.78 is 0. The molecule has 12 heavy (non-hydrogen) atoms. The molecule has 5 heteroatoms. The number of hydrogen-bond donors (Lipinski definition) is 5. The van der Waals surface area contributed by atoms with Crippen LogP contribution in [0.5, 0.6) is 0 Å². The fraction of sp³-hybridized carbons (Fsp3) is 1.00. The standard InChI is InChI=1S/C7H14O5/c8-1-3-5(10)4(2-9)7(12)6(3)11/h3-12H,1-2H2/t3-,4?,5?,6?,7-/m1/s1. The van der Waals surface area contributed by atoms with E-state index < -0.39 is 43.4 Å². The molecule has 0 radical (unpaired) electrons. The van der Waals surface area contributed by atoms with Crippen molar-refractivity contribution in [3.8, 4) is 0 Å². The lowest BCUT2D eigenvalue weighted by Gasteiger charge is -2.15. The van der Waals surface area contributed by atoms with Crippen LogP contribution in [0.15, 0.2) is 0 Å². The Labute approximate surface area is 69.9 Å². The molecule has 0 aromatic carbocycles. The summed E-state index contributed by atoms with van der Waals surface area (Å²) in [5, 5.41) is 45.3. The van der Waals surface area contributed by atoms with Gasteiger partial charge in [-0.3, -0.25) is 0 Å². The molecule has 1 fully saturated rings. The van der Waals surface area contributed by atoms with Gasteiger partial charge in [-0.05, 0) is 0 Å². The van der Waals surface area contributed by atoms with Crippen molar-refractivity contribution in [2.24, 2.45) is 11.8 Å². The summed E-state index contributed by atoms with van der Waals surface area (Å²) >= 11 is 0. The van der Waals surface area contributed by atoms with E-state index in [0.717, 1.165) is 0 Å². The van der Waals surface area contributed by atoms with Crippen LogP contribution in [0.2, 0.25) is 0 Å². The molecule has 0 amide bonds. The van der Waals surface area contributed by atoms with Gasteiger partial charge in [-0.1, -0.05) is 0 Å². The molecule has 0 aliphatic heterocycles. The van der Waals surface area contributed by atoms with Crippen molar-refractivity contribution < 1.29 is 25.5 Å². The smallest absolute Gasteiger partial charge is 0.0878 e. The molecule has 5 atom stereocenters. The lowest BCUT2D eigenvalue weighted by Crippen LogP contribution is -2.30. The highest BCUT2D eigenvalue weighted by Gasteiger charge is 2.47. The van der Waals surface area contributed by atoms with E-state index in [2.05, 4.69) is 0 Å². The van der Waals surface area contributed by atoms with E-state index in [9.17, 15) is 15.3 Å². The minimum Gasteiger partial charge on any atom is -0.396 e. The SMILES string of the molecule is OCC1C(O)[C@@H](CO)C(O)[C@@H]1O. The molecule has 1 rings (SSSR count). The van der Waals surface area contributed by atoms with Crippen LogP contribution in [0.1, 0.15) is 0 Å². The Morgan fingerprint density at radius 3 is 1.17 bits per heavy atom. The van der Waals surface area contributed by atoms with Crippen molar-refractivity contribution in [1.82, 2.24) is 0 Å². The van der Waals surface area contributed by atoms with E-state index in [1.54, 1.807) is 0 Å². The highest BCUT2D eigenvalue weighted by molar-refractivity contribution is 4.97. The van der Waals surface area contributed by atoms with Crippen molar-refractivity contribution in [2.45, 2.75) is 18.3 Å². The van der Waals surface area contributed by atoms with Crippen LogP contribution in [0, 0.1) is 11.8 Å². The Kier molecular flexibility index (Phi) is 3.03. The van der Waals surface area contributed by atoms with Crippen LogP contribution < -0.4 is 0 Å². The topological polar surface area (TPSA) is 101 Å². The first kappa shape index (κ1) is 9.88. The highest BCUT2D eigenvalue weighted by atomic mass is 16.4. The van der Waals surface area contributed by atoms with E-state index in [4.69, 9.17) is 10.2 Å². The zero-order valence-electron chi connectivity index (χ0n) is 6.54. The summed E-state index contributed by atoms with van der Waals surface area (Å²) in [4.78, 5) is 0. The average molecular weight is 178 g/mol. The molecule has 3 unspecified atom stereocenters. The molecule has 0 spiro atoms. The maximum Gasteiger partial charge on any atom is 0.0878 e. The predicted molar refractivity (Wildman–Crippen MR) is 39.2 cm³/mol. The van der Waals surface area contributed by atoms with Crippen LogP contribution in [0.3, 0.4) is 0 Å². The van der Waals surface area contributed by atoms with Gasteiger partial charge in [0.1, 0.15) is 0 Å². The van der Waals surface area contributed by atoms with Crippen molar-refractivity contribution in [1.29, 1.82) is 0 Å². The number of aliphatic hydroxyl groups is 5. The first-order valence-corrected chi connectivity index (χ1v) is 3.89. The molecule has 0 heterocycles. The third-order valence-corrected chi connectivity index (χ3v) is 2.53. The van der Waals surface area contributed by atoms with Crippen LogP contribution in [-0.2, 0) is 0 Å². The third kappa shape index (κ3) is 1.34. The second-order valence-corrected chi connectivity index (χ2v) is 3.16. The molecule has 0 aromatic rings. The predicted octanol–water partition coefficient (Wildman–Crippen LogP) is -2.70. The summed E-state index contributed by atoms with van der Waals surface area (Å²) in [5.74, 6) is -1.51. The zero-order valence-corrected chi connectivity index (χ0v) is 6.54. The monoisotopic (exact) mass is 178 g/mol. The van der Waals surface area contributed by atoms with Crippen molar-refractivity contribution in [3.63, 3.8) is 0 Å². The van der Waals surface area contributed by atoms with Crippen molar-refractivity contribution in [2.75, 3.05) is 13.2 Å². The summed E-state index contributed by atoms with van der Waals surface area (Å²) in [6, 6.07) is 0. The minimum atomic E-state index is -1.15. The molecule has 0 saturated heterocycles. The molecule has 1 aliphatic rings. The van der Waals surface area contributed by atoms with E-state index >= 15 is 0 Å². The normalized spacial score (nSPS) is 48.2. The van der Waals surface area contributed by atoms with E-state index in [1.807, 2.05) is 0 Å². The molecular formula is C7H14O5. The number of hydrogen-bond acceptors (Lipinski definition) is 5. The molecule has 72 valence electrons. The third-order valence-electron chi connectivity index (χ3n) is 2.53. The fourth-order valence-electron chi connectivity index (χ4n) is 1.66. The molecular weight excluding hydrogens is 164 g/mol. The van der Waals surface area contributed by atoms with Crippen LogP contribution >= 0.6 is 0 Å². The Bertz CT molecular complexity index is 135. The lowest BCUT2D eigenvalue weighted by atomic mass is 10.0. The molecule has 1 aliphatic carbocycles. The minimum absolute atomic E-state index is 0.393. The Morgan fingerprint density at radius 1 is 0.667 bits per heavy atom. The zero-order chi connectivity index (χ0) is 9.30. The fourth-order valence-corrected chi connectivity index (χ4v) is 1.66. The van der Waals surface area contributed by atoms with E-state index in [-0.39, 0.29) is 0 Å². The van der Waals surface area contributed by atoms with Gasteiger partial charge >= 0.3 is 0 Å². The first-order valence-electron chi connectivity index (χ1n) is 3.89. The summed E-state index contributed by atoms with van der Waals surface area (Å²) in [7, 11) is 0.